The van der Waals surface area contributed by atoms with Crippen LogP contribution >= 0.6 is 0 Å². The summed E-state index contributed by atoms with van der Waals surface area (Å²) in [5.74, 6) is 2.20. The summed E-state index contributed by atoms with van der Waals surface area (Å²) in [4.78, 5) is 4.60. The maximum absolute atomic E-state index is 4.60. The van der Waals surface area contributed by atoms with Crippen LogP contribution in [0.15, 0.2) is 12.8 Å². The van der Waals surface area contributed by atoms with Gasteiger partial charge in [0.1, 0.15) is 5.82 Å². The van der Waals surface area contributed by atoms with E-state index in [0.29, 0.717) is 11.8 Å². The molecule has 0 saturated heterocycles. The highest BCUT2D eigenvalue weighted by Crippen LogP contribution is 2.43. The van der Waals surface area contributed by atoms with Crippen LogP contribution in [0, 0.1) is 0 Å². The lowest BCUT2D eigenvalue weighted by atomic mass is 9.84. The van der Waals surface area contributed by atoms with E-state index in [1.165, 1.54) is 42.4 Å². The lowest BCUT2D eigenvalue weighted by Crippen LogP contribution is -2.09. The second-order valence-corrected chi connectivity index (χ2v) is 6.02. The van der Waals surface area contributed by atoms with E-state index in [2.05, 4.69) is 43.8 Å². The van der Waals surface area contributed by atoms with Gasteiger partial charge in [-0.2, -0.15) is 0 Å². The molecular formula is C17H26N2. The lowest BCUT2D eigenvalue weighted by Gasteiger charge is -2.24. The zero-order valence-electron chi connectivity index (χ0n) is 12.7. The van der Waals surface area contributed by atoms with E-state index < -0.39 is 0 Å². The predicted molar refractivity (Wildman–Crippen MR) is 83.8 cm³/mol. The average Bonchev–Trinajstić information content (AvgIpc) is 2.90. The Morgan fingerprint density at radius 3 is 2.47 bits per heavy atom. The molecule has 1 saturated carbocycles. The third kappa shape index (κ3) is 2.68. The minimum Gasteiger partial charge on any atom is -0.373 e. The average molecular weight is 258 g/mol. The van der Waals surface area contributed by atoms with Gasteiger partial charge in [0.05, 0.1) is 0 Å². The maximum atomic E-state index is 4.60. The van der Waals surface area contributed by atoms with Crippen molar-refractivity contribution in [3.8, 4) is 0 Å². The summed E-state index contributed by atoms with van der Waals surface area (Å²) in [5, 5.41) is 3.23. The van der Waals surface area contributed by atoms with Gasteiger partial charge < -0.3 is 5.32 Å². The fourth-order valence-corrected chi connectivity index (χ4v) is 3.28. The number of hydrogen-bond acceptors (Lipinski definition) is 2. The molecule has 0 amide bonds. The van der Waals surface area contributed by atoms with Crippen molar-refractivity contribution in [2.24, 2.45) is 0 Å². The van der Waals surface area contributed by atoms with Crippen LogP contribution in [0.3, 0.4) is 0 Å². The van der Waals surface area contributed by atoms with Crippen LogP contribution in [-0.2, 0) is 0 Å². The van der Waals surface area contributed by atoms with Crippen molar-refractivity contribution < 1.29 is 0 Å². The van der Waals surface area contributed by atoms with Crippen LogP contribution in [0.1, 0.15) is 75.0 Å². The molecule has 0 radical (unpaired) electrons. The summed E-state index contributed by atoms with van der Waals surface area (Å²) < 4.78 is 0. The smallest absolute Gasteiger partial charge is 0.133 e. The van der Waals surface area contributed by atoms with Gasteiger partial charge >= 0.3 is 0 Å². The maximum Gasteiger partial charge on any atom is 0.133 e. The number of pyridine rings is 1. The van der Waals surface area contributed by atoms with Gasteiger partial charge in [0, 0.05) is 18.8 Å². The molecule has 0 aliphatic heterocycles. The van der Waals surface area contributed by atoms with Gasteiger partial charge in [-0.1, -0.05) is 33.3 Å². The Morgan fingerprint density at radius 2 is 2.00 bits per heavy atom. The van der Waals surface area contributed by atoms with E-state index in [-0.39, 0.29) is 0 Å². The molecule has 1 aromatic heterocycles. The molecular weight excluding hydrogens is 232 g/mol. The molecule has 0 spiro atoms. The van der Waals surface area contributed by atoms with E-state index in [1.54, 1.807) is 0 Å². The second-order valence-electron chi connectivity index (χ2n) is 6.02. The standard InChI is InChI=1S/C17H26N2/c1-11(2)14-10-19-17(18-5)15(12(3)4)16(14)13-8-6-7-9-13/h10-11,13H,3,6-9H2,1-2,4-5H3,(H,18,19). The Bertz CT molecular complexity index is 468. The van der Waals surface area contributed by atoms with Crippen molar-refractivity contribution in [1.82, 2.24) is 4.98 Å². The zero-order chi connectivity index (χ0) is 14.0. The highest BCUT2D eigenvalue weighted by Gasteiger charge is 2.26. The van der Waals surface area contributed by atoms with Gasteiger partial charge in [0.25, 0.3) is 0 Å². The number of allylic oxidation sites excluding steroid dienone is 1. The molecule has 2 heteroatoms. The van der Waals surface area contributed by atoms with E-state index in [1.807, 2.05) is 7.05 Å². The number of aromatic nitrogens is 1. The molecule has 0 aromatic carbocycles. The molecule has 1 N–H and O–H groups in total. The van der Waals surface area contributed by atoms with Crippen molar-refractivity contribution in [2.75, 3.05) is 12.4 Å². The minimum atomic E-state index is 0.520. The number of hydrogen-bond donors (Lipinski definition) is 1. The molecule has 2 rings (SSSR count). The first-order chi connectivity index (χ1) is 9.06. The van der Waals surface area contributed by atoms with Crippen molar-refractivity contribution in [3.05, 3.63) is 29.5 Å². The fourth-order valence-electron chi connectivity index (χ4n) is 3.28. The Balaban J connectivity index is 2.64. The number of rotatable bonds is 4. The lowest BCUT2D eigenvalue weighted by molar-refractivity contribution is 0.693. The zero-order valence-corrected chi connectivity index (χ0v) is 12.7. The number of anilines is 1. The Kier molecular flexibility index (Phi) is 4.28. The van der Waals surface area contributed by atoms with Gasteiger partial charge in [-0.15, -0.1) is 0 Å². The normalized spacial score (nSPS) is 16.1. The molecule has 1 heterocycles. The van der Waals surface area contributed by atoms with Crippen molar-refractivity contribution in [2.45, 2.75) is 58.3 Å². The third-order valence-electron chi connectivity index (χ3n) is 4.20. The second kappa shape index (κ2) is 5.77. The summed E-state index contributed by atoms with van der Waals surface area (Å²) in [6, 6.07) is 0. The summed E-state index contributed by atoms with van der Waals surface area (Å²) in [7, 11) is 1.95. The first kappa shape index (κ1) is 14.1. The van der Waals surface area contributed by atoms with Gasteiger partial charge in [0.2, 0.25) is 0 Å². The molecule has 0 bridgehead atoms. The molecule has 1 aliphatic carbocycles. The molecule has 0 unspecified atom stereocenters. The van der Waals surface area contributed by atoms with Crippen LogP contribution in [0.4, 0.5) is 5.82 Å². The van der Waals surface area contributed by atoms with Crippen LogP contribution < -0.4 is 5.32 Å². The van der Waals surface area contributed by atoms with Crippen LogP contribution in [0.2, 0.25) is 0 Å². The van der Waals surface area contributed by atoms with E-state index in [0.717, 1.165) is 11.4 Å². The molecule has 2 nitrogen and oxygen atoms in total. The quantitative estimate of drug-likeness (QED) is 0.827. The first-order valence-electron chi connectivity index (χ1n) is 7.42. The predicted octanol–water partition coefficient (Wildman–Crippen LogP) is 4.94. The largest absolute Gasteiger partial charge is 0.373 e. The number of nitrogens with zero attached hydrogens (tertiary/aromatic N) is 1. The molecule has 104 valence electrons. The molecule has 1 aliphatic rings. The molecule has 1 aromatic rings. The minimum absolute atomic E-state index is 0.520. The van der Waals surface area contributed by atoms with E-state index in [4.69, 9.17) is 0 Å². The Morgan fingerprint density at radius 1 is 1.37 bits per heavy atom. The summed E-state index contributed by atoms with van der Waals surface area (Å²) in [6.45, 7) is 10.8. The monoisotopic (exact) mass is 258 g/mol. The van der Waals surface area contributed by atoms with Gasteiger partial charge in [0.15, 0.2) is 0 Å². The van der Waals surface area contributed by atoms with Crippen molar-refractivity contribution >= 4 is 11.4 Å². The van der Waals surface area contributed by atoms with E-state index >= 15 is 0 Å². The van der Waals surface area contributed by atoms with Gasteiger partial charge in [-0.3, -0.25) is 0 Å². The van der Waals surface area contributed by atoms with Crippen LogP contribution in [-0.4, -0.2) is 12.0 Å². The van der Waals surface area contributed by atoms with Gasteiger partial charge in [-0.25, -0.2) is 4.98 Å². The van der Waals surface area contributed by atoms with Crippen molar-refractivity contribution in [1.29, 1.82) is 0 Å². The van der Waals surface area contributed by atoms with E-state index in [9.17, 15) is 0 Å². The topological polar surface area (TPSA) is 24.9 Å². The molecule has 19 heavy (non-hydrogen) atoms. The number of nitrogens with one attached hydrogen (secondary N) is 1. The van der Waals surface area contributed by atoms with Crippen molar-refractivity contribution in [3.63, 3.8) is 0 Å². The highest BCUT2D eigenvalue weighted by molar-refractivity contribution is 5.75. The van der Waals surface area contributed by atoms with Crippen LogP contribution in [0.25, 0.3) is 5.57 Å². The highest BCUT2D eigenvalue weighted by atomic mass is 15.0. The third-order valence-corrected chi connectivity index (χ3v) is 4.20. The van der Waals surface area contributed by atoms with Gasteiger partial charge in [-0.05, 0) is 48.3 Å². The molecule has 0 atom stereocenters. The molecule has 1 fully saturated rings. The Labute approximate surface area is 117 Å². The summed E-state index contributed by atoms with van der Waals surface area (Å²) in [5.41, 5.74) is 5.31. The Hall–Kier alpha value is -1.31. The summed E-state index contributed by atoms with van der Waals surface area (Å²) in [6.07, 6.45) is 7.40. The van der Waals surface area contributed by atoms with Crippen LogP contribution in [0.5, 0.6) is 0 Å². The SMILES string of the molecule is C=C(C)c1c(NC)ncc(C(C)C)c1C1CCCC1. The summed E-state index contributed by atoms with van der Waals surface area (Å²) >= 11 is 0. The first-order valence-corrected chi connectivity index (χ1v) is 7.42. The fraction of sp³-hybridized carbons (Fsp3) is 0.588.